The van der Waals surface area contributed by atoms with E-state index in [0.717, 1.165) is 32.8 Å². The summed E-state index contributed by atoms with van der Waals surface area (Å²) in [5, 5.41) is 0. The van der Waals surface area contributed by atoms with Gasteiger partial charge in [0.1, 0.15) is 0 Å². The molecule has 0 saturated carbocycles. The highest BCUT2D eigenvalue weighted by Gasteiger charge is 2.52. The molecule has 0 radical (unpaired) electrons. The molecule has 1 aliphatic carbocycles. The van der Waals surface area contributed by atoms with Crippen molar-refractivity contribution in [1.82, 2.24) is 0 Å². The van der Waals surface area contributed by atoms with Gasteiger partial charge in [-0.1, -0.05) is 88.7 Å². The SMILES string of the molecule is C/C=C\C1=C(N)C2(c3cc(Br)ccc31)c1ccccc1N(c1ccccc1)c1ccccc12. The van der Waals surface area contributed by atoms with Crippen LogP contribution in [0.1, 0.15) is 29.2 Å². The molecule has 2 aliphatic rings. The van der Waals surface area contributed by atoms with E-state index in [1.165, 1.54) is 22.3 Å². The first-order valence-corrected chi connectivity index (χ1v) is 11.9. The zero-order chi connectivity index (χ0) is 22.6. The zero-order valence-corrected chi connectivity index (χ0v) is 19.9. The van der Waals surface area contributed by atoms with Gasteiger partial charge in [0.15, 0.2) is 0 Å². The quantitative estimate of drug-likeness (QED) is 0.310. The molecule has 0 saturated heterocycles. The van der Waals surface area contributed by atoms with E-state index >= 15 is 0 Å². The third-order valence-corrected chi connectivity index (χ3v) is 7.31. The van der Waals surface area contributed by atoms with Crippen molar-refractivity contribution in [2.24, 2.45) is 5.73 Å². The van der Waals surface area contributed by atoms with Crippen molar-refractivity contribution in [3.63, 3.8) is 0 Å². The lowest BCUT2D eigenvalue weighted by atomic mass is 9.66. The lowest BCUT2D eigenvalue weighted by Crippen LogP contribution is -2.39. The van der Waals surface area contributed by atoms with Crippen LogP contribution in [0.4, 0.5) is 17.1 Å². The summed E-state index contributed by atoms with van der Waals surface area (Å²) in [7, 11) is 0. The molecular formula is C30H23BrN2. The van der Waals surface area contributed by atoms with E-state index in [1.807, 2.05) is 6.92 Å². The van der Waals surface area contributed by atoms with Gasteiger partial charge in [0.25, 0.3) is 0 Å². The molecule has 0 aromatic heterocycles. The first kappa shape index (κ1) is 20.1. The van der Waals surface area contributed by atoms with Crippen LogP contribution in [0.15, 0.2) is 119 Å². The number of anilines is 3. The average Bonchev–Trinajstić information content (AvgIpc) is 3.08. The number of benzene rings is 4. The second-order valence-corrected chi connectivity index (χ2v) is 9.39. The maximum Gasteiger partial charge on any atom is 0.0899 e. The number of para-hydroxylation sites is 3. The molecule has 4 aromatic rings. The van der Waals surface area contributed by atoms with Gasteiger partial charge in [0.2, 0.25) is 0 Å². The van der Waals surface area contributed by atoms with Gasteiger partial charge in [-0.3, -0.25) is 0 Å². The maximum absolute atomic E-state index is 7.18. The molecule has 33 heavy (non-hydrogen) atoms. The van der Waals surface area contributed by atoms with E-state index in [0.29, 0.717) is 0 Å². The third kappa shape index (κ3) is 2.66. The normalized spacial score (nSPS) is 15.6. The number of nitrogens with zero attached hydrogens (tertiary/aromatic N) is 1. The van der Waals surface area contributed by atoms with E-state index in [9.17, 15) is 0 Å². The Morgan fingerprint density at radius 1 is 0.758 bits per heavy atom. The number of hydrogen-bond donors (Lipinski definition) is 1. The number of allylic oxidation sites excluding steroid dienone is 4. The van der Waals surface area contributed by atoms with Crippen molar-refractivity contribution in [2.45, 2.75) is 12.3 Å². The lowest BCUT2D eigenvalue weighted by Gasteiger charge is -2.45. The summed E-state index contributed by atoms with van der Waals surface area (Å²) in [6, 6.07) is 34.4. The van der Waals surface area contributed by atoms with Crippen LogP contribution in [-0.4, -0.2) is 0 Å². The number of hydrogen-bond acceptors (Lipinski definition) is 2. The van der Waals surface area contributed by atoms with Crippen LogP contribution in [0.3, 0.4) is 0 Å². The van der Waals surface area contributed by atoms with Crippen molar-refractivity contribution in [2.75, 3.05) is 4.90 Å². The smallest absolute Gasteiger partial charge is 0.0899 e. The van der Waals surface area contributed by atoms with E-state index < -0.39 is 5.41 Å². The Balaban J connectivity index is 1.79. The minimum absolute atomic E-state index is 0.563. The van der Waals surface area contributed by atoms with E-state index in [4.69, 9.17) is 5.73 Å². The van der Waals surface area contributed by atoms with Gasteiger partial charge in [0.05, 0.1) is 16.8 Å². The molecule has 1 spiro atoms. The van der Waals surface area contributed by atoms with Crippen LogP contribution < -0.4 is 10.6 Å². The van der Waals surface area contributed by atoms with Gasteiger partial charge in [0, 0.05) is 21.4 Å². The first-order chi connectivity index (χ1) is 16.2. The second kappa shape index (κ2) is 7.50. The van der Waals surface area contributed by atoms with Gasteiger partial charge in [-0.2, -0.15) is 0 Å². The minimum atomic E-state index is -0.563. The standard InChI is InChI=1S/C30H23BrN2/c1-2-10-23-22-18-17-20(31)19-26(22)30(29(23)32)24-13-6-8-15-27(24)33(21-11-4-3-5-12-21)28-16-9-7-14-25(28)30/h2-19H,32H2,1H3/b10-2-. The molecule has 6 rings (SSSR count). The molecule has 2 N–H and O–H groups in total. The van der Waals surface area contributed by atoms with Gasteiger partial charge in [-0.15, -0.1) is 0 Å². The lowest BCUT2D eigenvalue weighted by molar-refractivity contribution is 0.720. The van der Waals surface area contributed by atoms with Crippen LogP contribution in [0, 0.1) is 0 Å². The van der Waals surface area contributed by atoms with E-state index in [1.54, 1.807) is 0 Å². The third-order valence-electron chi connectivity index (χ3n) is 6.82. The molecular weight excluding hydrogens is 468 g/mol. The molecule has 0 fully saturated rings. The number of rotatable bonds is 2. The second-order valence-electron chi connectivity index (χ2n) is 8.47. The number of fused-ring (bicyclic) bond motifs is 6. The summed E-state index contributed by atoms with van der Waals surface area (Å²) in [5.41, 5.74) is 16.8. The Hall–Kier alpha value is -3.56. The molecule has 2 nitrogen and oxygen atoms in total. The topological polar surface area (TPSA) is 29.3 Å². The molecule has 1 aliphatic heterocycles. The van der Waals surface area contributed by atoms with Gasteiger partial charge in [-0.25, -0.2) is 0 Å². The van der Waals surface area contributed by atoms with Crippen LogP contribution in [0.2, 0.25) is 0 Å². The van der Waals surface area contributed by atoms with Crippen LogP contribution in [-0.2, 0) is 5.41 Å². The van der Waals surface area contributed by atoms with Crippen molar-refractivity contribution in [3.05, 3.63) is 142 Å². The fourth-order valence-electron chi connectivity index (χ4n) is 5.58. The minimum Gasteiger partial charge on any atom is -0.400 e. The molecule has 1 heterocycles. The van der Waals surface area contributed by atoms with Crippen molar-refractivity contribution < 1.29 is 0 Å². The van der Waals surface area contributed by atoms with Crippen LogP contribution in [0.5, 0.6) is 0 Å². The van der Waals surface area contributed by atoms with Gasteiger partial charge >= 0.3 is 0 Å². The van der Waals surface area contributed by atoms with E-state index in [-0.39, 0.29) is 0 Å². The summed E-state index contributed by atoms with van der Waals surface area (Å²) in [4.78, 5) is 2.36. The van der Waals surface area contributed by atoms with Crippen molar-refractivity contribution in [1.29, 1.82) is 0 Å². The zero-order valence-electron chi connectivity index (χ0n) is 18.3. The molecule has 0 unspecified atom stereocenters. The van der Waals surface area contributed by atoms with Crippen LogP contribution >= 0.6 is 15.9 Å². The monoisotopic (exact) mass is 490 g/mol. The predicted molar refractivity (Wildman–Crippen MR) is 141 cm³/mol. The largest absolute Gasteiger partial charge is 0.400 e. The Morgan fingerprint density at radius 2 is 1.36 bits per heavy atom. The Labute approximate surface area is 202 Å². The molecule has 4 aromatic carbocycles. The fraction of sp³-hybridized carbons (Fsp3) is 0.0667. The Bertz CT molecular complexity index is 1400. The number of nitrogens with two attached hydrogens (primary N) is 1. The summed E-state index contributed by atoms with van der Waals surface area (Å²) in [5.74, 6) is 0. The highest BCUT2D eigenvalue weighted by atomic mass is 79.9. The molecule has 0 amide bonds. The van der Waals surface area contributed by atoms with Crippen LogP contribution in [0.25, 0.3) is 5.57 Å². The van der Waals surface area contributed by atoms with Crippen molar-refractivity contribution in [3.8, 4) is 0 Å². The van der Waals surface area contributed by atoms with Gasteiger partial charge < -0.3 is 10.6 Å². The highest BCUT2D eigenvalue weighted by molar-refractivity contribution is 9.10. The fourth-order valence-corrected chi connectivity index (χ4v) is 5.94. The van der Waals surface area contributed by atoms with E-state index in [2.05, 4.69) is 130 Å². The summed E-state index contributed by atoms with van der Waals surface area (Å²) in [6.45, 7) is 2.05. The number of halogens is 1. The summed E-state index contributed by atoms with van der Waals surface area (Å²) < 4.78 is 1.05. The Kier molecular flexibility index (Phi) is 4.56. The van der Waals surface area contributed by atoms with Crippen molar-refractivity contribution >= 4 is 38.6 Å². The molecule has 0 atom stereocenters. The first-order valence-electron chi connectivity index (χ1n) is 11.2. The molecule has 0 bridgehead atoms. The predicted octanol–water partition coefficient (Wildman–Crippen LogP) is 7.83. The van der Waals surface area contributed by atoms with Gasteiger partial charge in [-0.05, 0) is 65.6 Å². The summed E-state index contributed by atoms with van der Waals surface area (Å²) in [6.07, 6.45) is 4.22. The summed E-state index contributed by atoms with van der Waals surface area (Å²) >= 11 is 3.73. The molecule has 3 heteroatoms. The average molecular weight is 491 g/mol. The highest BCUT2D eigenvalue weighted by Crippen LogP contribution is 2.61. The molecule has 160 valence electrons. The Morgan fingerprint density at radius 3 is 2.00 bits per heavy atom. The maximum atomic E-state index is 7.18.